The summed E-state index contributed by atoms with van der Waals surface area (Å²) in [6, 6.07) is 5.01. The molecule has 1 aromatic heterocycles. The van der Waals surface area contributed by atoms with E-state index in [2.05, 4.69) is 29.0 Å². The van der Waals surface area contributed by atoms with Crippen LogP contribution in [0.1, 0.15) is 50.7 Å². The van der Waals surface area contributed by atoms with Crippen molar-refractivity contribution >= 4 is 17.5 Å². The van der Waals surface area contributed by atoms with Crippen LogP contribution in [0, 0.1) is 11.7 Å². The van der Waals surface area contributed by atoms with E-state index in [4.69, 9.17) is 10.7 Å². The molecule has 0 amide bonds. The van der Waals surface area contributed by atoms with Crippen molar-refractivity contribution in [3.05, 3.63) is 41.3 Å². The molecule has 1 aliphatic carbocycles. The Labute approximate surface area is 188 Å². The molecule has 2 aliphatic heterocycles. The van der Waals surface area contributed by atoms with E-state index in [1.807, 2.05) is 17.2 Å². The monoisotopic (exact) mass is 440 g/mol. The number of benzene rings is 1. The van der Waals surface area contributed by atoms with Crippen LogP contribution < -0.4 is 20.9 Å². The van der Waals surface area contributed by atoms with Crippen molar-refractivity contribution in [2.45, 2.75) is 63.8 Å². The quantitative estimate of drug-likeness (QED) is 0.610. The average molecular weight is 441 g/mol. The van der Waals surface area contributed by atoms with E-state index in [1.165, 1.54) is 6.07 Å². The van der Waals surface area contributed by atoms with E-state index < -0.39 is 6.23 Å². The van der Waals surface area contributed by atoms with Crippen LogP contribution in [-0.4, -0.2) is 47.0 Å². The standard InChI is InChI=1S/C24H33FN6O/c1-15(2)5-9-27-21-16(12-28-23(29-21)30-10-6-18(26)14-30)13-31-20-11-17(25)3-4-19(20)24(7-8-24)22(31)32/h3-4,11-12,15,18,22,32H,5-10,13-14,26H2,1-2H3,(H,27,28,29). The number of anilines is 3. The lowest BCUT2D eigenvalue weighted by Gasteiger charge is -2.27. The van der Waals surface area contributed by atoms with Gasteiger partial charge in [-0.25, -0.2) is 9.37 Å². The average Bonchev–Trinajstić information content (AvgIpc) is 3.40. The molecule has 2 atom stereocenters. The first kappa shape index (κ1) is 21.4. The van der Waals surface area contributed by atoms with Crippen LogP contribution in [0.4, 0.5) is 21.8 Å². The third-order valence-corrected chi connectivity index (χ3v) is 7.10. The van der Waals surface area contributed by atoms with Crippen molar-refractivity contribution in [2.75, 3.05) is 34.8 Å². The summed E-state index contributed by atoms with van der Waals surface area (Å²) in [6.07, 6.45) is 4.98. The molecule has 3 aliphatic rings. The molecule has 0 bridgehead atoms. The van der Waals surface area contributed by atoms with Crippen LogP contribution in [0.25, 0.3) is 0 Å². The van der Waals surface area contributed by atoms with Gasteiger partial charge in [0, 0.05) is 48.5 Å². The Hall–Kier alpha value is -2.45. The lowest BCUT2D eigenvalue weighted by atomic mass is 9.97. The summed E-state index contributed by atoms with van der Waals surface area (Å²) in [5.74, 6) is 1.75. The summed E-state index contributed by atoms with van der Waals surface area (Å²) in [5, 5.41) is 14.7. The van der Waals surface area contributed by atoms with E-state index in [0.29, 0.717) is 18.4 Å². The molecular formula is C24H33FN6O. The number of nitrogens with one attached hydrogen (secondary N) is 1. The molecule has 7 nitrogen and oxygen atoms in total. The van der Waals surface area contributed by atoms with Crippen molar-refractivity contribution in [1.29, 1.82) is 0 Å². The predicted molar refractivity (Wildman–Crippen MR) is 124 cm³/mol. The van der Waals surface area contributed by atoms with Crippen molar-refractivity contribution < 1.29 is 9.50 Å². The summed E-state index contributed by atoms with van der Waals surface area (Å²) in [6.45, 7) is 7.22. The number of hydrogen-bond donors (Lipinski definition) is 3. The number of aromatic nitrogens is 2. The Morgan fingerprint density at radius 1 is 1.34 bits per heavy atom. The normalized spacial score (nSPS) is 23.3. The topological polar surface area (TPSA) is 90.5 Å². The van der Waals surface area contributed by atoms with Gasteiger partial charge in [0.25, 0.3) is 0 Å². The fourth-order valence-electron chi connectivity index (χ4n) is 5.02. The highest BCUT2D eigenvalue weighted by atomic mass is 19.1. The van der Waals surface area contributed by atoms with E-state index in [9.17, 15) is 9.50 Å². The van der Waals surface area contributed by atoms with Gasteiger partial charge in [0.1, 0.15) is 17.9 Å². The molecule has 1 saturated heterocycles. The third kappa shape index (κ3) is 3.79. The van der Waals surface area contributed by atoms with Gasteiger partial charge in [0.15, 0.2) is 0 Å². The molecule has 2 fully saturated rings. The molecule has 2 unspecified atom stereocenters. The number of aliphatic hydroxyl groups is 1. The first-order chi connectivity index (χ1) is 15.4. The van der Waals surface area contributed by atoms with E-state index in [1.54, 1.807) is 6.07 Å². The van der Waals surface area contributed by atoms with E-state index in [0.717, 1.165) is 67.9 Å². The van der Waals surface area contributed by atoms with Gasteiger partial charge >= 0.3 is 0 Å². The molecule has 3 heterocycles. The van der Waals surface area contributed by atoms with Gasteiger partial charge in [-0.1, -0.05) is 19.9 Å². The summed E-state index contributed by atoms with van der Waals surface area (Å²) in [7, 11) is 0. The second kappa shape index (κ2) is 8.15. The maximum absolute atomic E-state index is 14.1. The van der Waals surface area contributed by atoms with Gasteiger partial charge in [-0.15, -0.1) is 0 Å². The smallest absolute Gasteiger partial charge is 0.227 e. The highest BCUT2D eigenvalue weighted by Crippen LogP contribution is 2.59. The predicted octanol–water partition coefficient (Wildman–Crippen LogP) is 2.98. The van der Waals surface area contributed by atoms with Crippen molar-refractivity contribution in [2.24, 2.45) is 11.7 Å². The molecule has 1 aromatic carbocycles. The Kier molecular flexibility index (Phi) is 5.45. The maximum Gasteiger partial charge on any atom is 0.227 e. The largest absolute Gasteiger partial charge is 0.373 e. The SMILES string of the molecule is CC(C)CCNc1nc(N2CCC(N)C2)ncc1CN1c2cc(F)ccc2C2(CC2)C1O. The second-order valence-corrected chi connectivity index (χ2v) is 9.97. The molecule has 1 spiro atoms. The van der Waals surface area contributed by atoms with Gasteiger partial charge < -0.3 is 26.0 Å². The third-order valence-electron chi connectivity index (χ3n) is 7.10. The van der Waals surface area contributed by atoms with Crippen LogP contribution in [0.5, 0.6) is 0 Å². The first-order valence-electron chi connectivity index (χ1n) is 11.7. The molecule has 5 rings (SSSR count). The number of aliphatic hydroxyl groups excluding tert-OH is 1. The summed E-state index contributed by atoms with van der Waals surface area (Å²) in [4.78, 5) is 13.5. The number of hydrogen-bond acceptors (Lipinski definition) is 7. The number of nitrogens with two attached hydrogens (primary N) is 1. The van der Waals surface area contributed by atoms with Gasteiger partial charge in [0.2, 0.25) is 5.95 Å². The molecule has 4 N–H and O–H groups in total. The maximum atomic E-state index is 14.1. The number of nitrogens with zero attached hydrogens (tertiary/aromatic N) is 4. The Morgan fingerprint density at radius 2 is 2.16 bits per heavy atom. The van der Waals surface area contributed by atoms with Crippen molar-refractivity contribution in [3.8, 4) is 0 Å². The highest BCUT2D eigenvalue weighted by molar-refractivity contribution is 5.67. The highest BCUT2D eigenvalue weighted by Gasteiger charge is 2.58. The Morgan fingerprint density at radius 3 is 2.84 bits per heavy atom. The fourth-order valence-corrected chi connectivity index (χ4v) is 5.02. The molecular weight excluding hydrogens is 407 g/mol. The van der Waals surface area contributed by atoms with Crippen LogP contribution in [-0.2, 0) is 12.0 Å². The van der Waals surface area contributed by atoms with Crippen molar-refractivity contribution in [1.82, 2.24) is 9.97 Å². The minimum atomic E-state index is -0.668. The Balaban J connectivity index is 1.44. The molecule has 8 heteroatoms. The number of halogens is 1. The van der Waals surface area contributed by atoms with Crippen LogP contribution in [0.2, 0.25) is 0 Å². The van der Waals surface area contributed by atoms with Gasteiger partial charge in [-0.05, 0) is 49.3 Å². The zero-order valence-electron chi connectivity index (χ0n) is 18.9. The molecule has 0 radical (unpaired) electrons. The minimum Gasteiger partial charge on any atom is -0.373 e. The summed E-state index contributed by atoms with van der Waals surface area (Å²) < 4.78 is 14.1. The summed E-state index contributed by atoms with van der Waals surface area (Å²) in [5.41, 5.74) is 8.53. The van der Waals surface area contributed by atoms with Crippen LogP contribution in [0.15, 0.2) is 24.4 Å². The molecule has 32 heavy (non-hydrogen) atoms. The molecule has 1 saturated carbocycles. The Bertz CT molecular complexity index is 994. The van der Waals surface area contributed by atoms with Crippen LogP contribution >= 0.6 is 0 Å². The zero-order valence-corrected chi connectivity index (χ0v) is 18.9. The minimum absolute atomic E-state index is 0.150. The van der Waals surface area contributed by atoms with Gasteiger partial charge in [-0.3, -0.25) is 0 Å². The molecule has 2 aromatic rings. The first-order valence-corrected chi connectivity index (χ1v) is 11.7. The second-order valence-electron chi connectivity index (χ2n) is 9.97. The number of fused-ring (bicyclic) bond motifs is 2. The zero-order chi connectivity index (χ0) is 22.5. The van der Waals surface area contributed by atoms with Crippen molar-refractivity contribution in [3.63, 3.8) is 0 Å². The summed E-state index contributed by atoms with van der Waals surface area (Å²) >= 11 is 0. The number of rotatable bonds is 7. The lowest BCUT2D eigenvalue weighted by molar-refractivity contribution is 0.137. The van der Waals surface area contributed by atoms with Gasteiger partial charge in [0.05, 0.1) is 6.54 Å². The van der Waals surface area contributed by atoms with Crippen LogP contribution in [0.3, 0.4) is 0 Å². The van der Waals surface area contributed by atoms with Gasteiger partial charge in [-0.2, -0.15) is 4.98 Å². The van der Waals surface area contributed by atoms with E-state index in [-0.39, 0.29) is 17.3 Å². The van der Waals surface area contributed by atoms with E-state index >= 15 is 0 Å². The molecule has 172 valence electrons. The fraction of sp³-hybridized carbons (Fsp3) is 0.583. The lowest BCUT2D eigenvalue weighted by Crippen LogP contribution is -2.37.